The topological polar surface area (TPSA) is 109 Å². The van der Waals surface area contributed by atoms with Crippen molar-refractivity contribution in [1.82, 2.24) is 0 Å². The molecule has 5 nitrogen and oxygen atoms in total. The molecular weight excluding hydrogens is 125 g/mol. The summed E-state index contributed by atoms with van der Waals surface area (Å²) in [6, 6.07) is 0. The number of phosphoric acid groups is 1. The first-order valence-corrected chi connectivity index (χ1v) is 2.35. The van der Waals surface area contributed by atoms with Crippen molar-refractivity contribution in [2.75, 3.05) is 0 Å². The minimum atomic E-state index is -4.64. The molecule has 44 valence electrons. The summed E-state index contributed by atoms with van der Waals surface area (Å²) < 4.78 is 8.88. The average molecular weight is 132 g/mol. The van der Waals surface area contributed by atoms with E-state index in [1.807, 2.05) is 0 Å². The molecule has 0 fully saturated rings. The predicted molar refractivity (Wildman–Crippen MR) is 20.1 cm³/mol. The van der Waals surface area contributed by atoms with E-state index in [1.54, 1.807) is 0 Å². The largest absolute Gasteiger partial charge is 1.00 e. The van der Waals surface area contributed by atoms with Crippen LogP contribution in [0.3, 0.4) is 0 Å². The Bertz CT molecular complexity index is 63.8. The van der Waals surface area contributed by atoms with Gasteiger partial charge in [-0.2, -0.15) is 0 Å². The van der Waals surface area contributed by atoms with Gasteiger partial charge >= 0.3 is 45.5 Å². The molecule has 0 amide bonds. The summed E-state index contributed by atoms with van der Waals surface area (Å²) in [5.74, 6) is 0. The van der Waals surface area contributed by atoms with Crippen LogP contribution in [0.25, 0.3) is 0 Å². The fourth-order valence-electron chi connectivity index (χ4n) is 0. The Labute approximate surface area is 73.4 Å². The van der Waals surface area contributed by atoms with Crippen LogP contribution in [0.2, 0.25) is 0 Å². The van der Waals surface area contributed by atoms with Crippen LogP contribution in [0, 0.1) is 0 Å². The van der Waals surface area contributed by atoms with Gasteiger partial charge in [0.1, 0.15) is 0 Å². The van der Waals surface area contributed by atoms with Crippen molar-refractivity contribution in [1.29, 1.82) is 0 Å². The SMILES string of the molecule is O.O=P(O)(O)O.[H-].[H-].[Li+].[Li+]. The van der Waals surface area contributed by atoms with Gasteiger partial charge in [-0.3, -0.25) is 0 Å². The molecule has 8 heavy (non-hydrogen) atoms. The van der Waals surface area contributed by atoms with Crippen LogP contribution in [0.15, 0.2) is 0 Å². The van der Waals surface area contributed by atoms with Gasteiger partial charge in [-0.25, -0.2) is 4.57 Å². The maximum Gasteiger partial charge on any atom is 1.00 e. The van der Waals surface area contributed by atoms with E-state index < -0.39 is 7.82 Å². The maximum absolute atomic E-state index is 8.88. The van der Waals surface area contributed by atoms with Gasteiger partial charge in [-0.1, -0.05) is 0 Å². The zero-order valence-electron chi connectivity index (χ0n) is 6.70. The van der Waals surface area contributed by atoms with E-state index in [1.165, 1.54) is 0 Å². The van der Waals surface area contributed by atoms with E-state index in [-0.39, 0.29) is 46.1 Å². The molecule has 0 aliphatic rings. The Morgan fingerprint density at radius 1 is 1.12 bits per heavy atom. The molecule has 0 atom stereocenters. The third-order valence-electron chi connectivity index (χ3n) is 0. The molecular formula is H7Li2O5P. The van der Waals surface area contributed by atoms with Crippen molar-refractivity contribution >= 4 is 7.82 Å². The zero-order valence-corrected chi connectivity index (χ0v) is 5.59. The Hall–Kier alpha value is 1.26. The molecule has 0 spiro atoms. The normalized spacial score (nSPS) is 7.38. The van der Waals surface area contributed by atoms with Crippen molar-refractivity contribution in [3.63, 3.8) is 0 Å². The number of hydrogen-bond donors (Lipinski definition) is 3. The third kappa shape index (κ3) is 178. The first kappa shape index (κ1) is 22.8. The Morgan fingerprint density at radius 3 is 1.12 bits per heavy atom. The average Bonchev–Trinajstić information content (AvgIpc) is 0.722. The van der Waals surface area contributed by atoms with Crippen molar-refractivity contribution in [2.45, 2.75) is 0 Å². The summed E-state index contributed by atoms with van der Waals surface area (Å²) in [5.41, 5.74) is 0. The number of hydrogen-bond acceptors (Lipinski definition) is 1. The molecule has 0 aliphatic carbocycles. The zero-order chi connectivity index (χ0) is 4.50. The molecule has 0 aromatic rings. The van der Waals surface area contributed by atoms with E-state index in [0.717, 1.165) is 0 Å². The second kappa shape index (κ2) is 8.26. The van der Waals surface area contributed by atoms with Crippen LogP contribution in [0.1, 0.15) is 2.85 Å². The van der Waals surface area contributed by atoms with Gasteiger partial charge in [0, 0.05) is 0 Å². The minimum Gasteiger partial charge on any atom is -1.00 e. The third-order valence-corrected chi connectivity index (χ3v) is 0. The van der Waals surface area contributed by atoms with Gasteiger partial charge in [0.15, 0.2) is 0 Å². The summed E-state index contributed by atoms with van der Waals surface area (Å²) in [4.78, 5) is 21.6. The van der Waals surface area contributed by atoms with Crippen LogP contribution in [-0.2, 0) is 4.57 Å². The molecule has 0 radical (unpaired) electrons. The molecule has 0 rings (SSSR count). The van der Waals surface area contributed by atoms with Gasteiger partial charge in [0.05, 0.1) is 0 Å². The molecule has 0 bridgehead atoms. The van der Waals surface area contributed by atoms with E-state index in [4.69, 9.17) is 19.2 Å². The maximum atomic E-state index is 8.88. The number of rotatable bonds is 0. The molecule has 0 heterocycles. The van der Waals surface area contributed by atoms with Gasteiger partial charge in [-0.15, -0.1) is 0 Å². The van der Waals surface area contributed by atoms with Crippen molar-refractivity contribution < 1.29 is 65.3 Å². The van der Waals surface area contributed by atoms with Crippen molar-refractivity contribution in [2.24, 2.45) is 0 Å². The van der Waals surface area contributed by atoms with Crippen LogP contribution in [0.5, 0.6) is 0 Å². The summed E-state index contributed by atoms with van der Waals surface area (Å²) in [6.07, 6.45) is 0. The molecule has 0 unspecified atom stereocenters. The first-order chi connectivity index (χ1) is 2.00. The Kier molecular flexibility index (Phi) is 23.6. The molecule has 0 aliphatic heterocycles. The second-order valence-corrected chi connectivity index (χ2v) is 1.54. The Morgan fingerprint density at radius 2 is 1.12 bits per heavy atom. The van der Waals surface area contributed by atoms with Crippen LogP contribution < -0.4 is 37.7 Å². The fraction of sp³-hybridized carbons (Fsp3) is 0. The summed E-state index contributed by atoms with van der Waals surface area (Å²) >= 11 is 0. The summed E-state index contributed by atoms with van der Waals surface area (Å²) in [7, 11) is -4.64. The van der Waals surface area contributed by atoms with Crippen LogP contribution in [0.4, 0.5) is 0 Å². The second-order valence-electron chi connectivity index (χ2n) is 0.513. The van der Waals surface area contributed by atoms with Gasteiger partial charge in [0.2, 0.25) is 0 Å². The van der Waals surface area contributed by atoms with E-state index >= 15 is 0 Å². The van der Waals surface area contributed by atoms with Gasteiger partial charge in [0.25, 0.3) is 0 Å². The quantitative estimate of drug-likeness (QED) is 0.224. The van der Waals surface area contributed by atoms with E-state index in [2.05, 4.69) is 0 Å². The van der Waals surface area contributed by atoms with E-state index in [9.17, 15) is 0 Å². The first-order valence-electron chi connectivity index (χ1n) is 0.783. The molecule has 5 N–H and O–H groups in total. The van der Waals surface area contributed by atoms with Crippen molar-refractivity contribution in [3.8, 4) is 0 Å². The molecule has 0 aromatic carbocycles. The molecule has 8 heteroatoms. The molecule has 0 saturated carbocycles. The molecule has 0 aromatic heterocycles. The van der Waals surface area contributed by atoms with Crippen LogP contribution in [-0.4, -0.2) is 20.2 Å². The van der Waals surface area contributed by atoms with Gasteiger partial charge < -0.3 is 23.0 Å². The van der Waals surface area contributed by atoms with E-state index in [0.29, 0.717) is 0 Å². The monoisotopic (exact) mass is 132 g/mol. The van der Waals surface area contributed by atoms with Gasteiger partial charge in [-0.05, 0) is 0 Å². The predicted octanol–water partition coefficient (Wildman–Crippen LogP) is -7.52. The summed E-state index contributed by atoms with van der Waals surface area (Å²) in [6.45, 7) is 0. The fourth-order valence-corrected chi connectivity index (χ4v) is 0. The summed E-state index contributed by atoms with van der Waals surface area (Å²) in [5, 5.41) is 0. The van der Waals surface area contributed by atoms with Crippen LogP contribution >= 0.6 is 7.82 Å². The Balaban J connectivity index is -0.00000000800. The minimum absolute atomic E-state index is 0. The van der Waals surface area contributed by atoms with Crippen molar-refractivity contribution in [3.05, 3.63) is 0 Å². The standard InChI is InChI=1S/2Li.H3O4P.H2O.2H/c;;1-5(2,3)4;;;/h;;(H3,1,2,3,4);1H2;;/q2*+1;;;2*-1. The smallest absolute Gasteiger partial charge is 1.00 e. The molecule has 0 saturated heterocycles.